The fourth-order valence-corrected chi connectivity index (χ4v) is 4.80. The summed E-state index contributed by atoms with van der Waals surface area (Å²) in [5.41, 5.74) is 2.97. The zero-order chi connectivity index (χ0) is 24.3. The summed E-state index contributed by atoms with van der Waals surface area (Å²) < 4.78 is 0. The maximum atomic E-state index is 13.5. The fourth-order valence-electron chi connectivity index (χ4n) is 3.60. The number of nitrogens with one attached hydrogen (secondary N) is 1. The molecule has 0 unspecified atom stereocenters. The fraction of sp³-hybridized carbons (Fsp3) is 0.259. The predicted octanol–water partition coefficient (Wildman–Crippen LogP) is 6.00. The van der Waals surface area contributed by atoms with Gasteiger partial charge < -0.3 is 10.2 Å². The van der Waals surface area contributed by atoms with Crippen LogP contribution in [0.3, 0.4) is 0 Å². The van der Waals surface area contributed by atoms with Crippen LogP contribution < -0.4 is 5.32 Å². The van der Waals surface area contributed by atoms with Crippen LogP contribution >= 0.6 is 35.0 Å². The van der Waals surface area contributed by atoms with Crippen molar-refractivity contribution in [3.05, 3.63) is 106 Å². The van der Waals surface area contributed by atoms with Crippen LogP contribution in [0, 0.1) is 0 Å². The van der Waals surface area contributed by atoms with E-state index in [0.717, 1.165) is 16.7 Å². The Balaban J connectivity index is 1.81. The first-order valence-corrected chi connectivity index (χ1v) is 13.0. The molecule has 0 saturated heterocycles. The van der Waals surface area contributed by atoms with Crippen molar-refractivity contribution in [2.24, 2.45) is 0 Å². The number of carbonyl (C=O) groups is 2. The molecule has 0 heterocycles. The molecule has 178 valence electrons. The van der Waals surface area contributed by atoms with E-state index in [4.69, 9.17) is 23.2 Å². The third kappa shape index (κ3) is 8.08. The van der Waals surface area contributed by atoms with E-state index in [-0.39, 0.29) is 17.6 Å². The largest absolute Gasteiger partial charge is 0.355 e. The van der Waals surface area contributed by atoms with E-state index in [1.54, 1.807) is 17.0 Å². The van der Waals surface area contributed by atoms with Crippen molar-refractivity contribution in [1.82, 2.24) is 10.2 Å². The number of benzene rings is 3. The molecule has 0 aliphatic rings. The summed E-state index contributed by atoms with van der Waals surface area (Å²) >= 11 is 13.6. The van der Waals surface area contributed by atoms with E-state index >= 15 is 0 Å². The summed E-state index contributed by atoms with van der Waals surface area (Å²) in [5.74, 6) is 0.666. The van der Waals surface area contributed by atoms with Crippen LogP contribution in [-0.2, 0) is 28.3 Å². The van der Waals surface area contributed by atoms with Crippen LogP contribution in [0.25, 0.3) is 0 Å². The van der Waals surface area contributed by atoms with Crippen molar-refractivity contribution in [2.45, 2.75) is 31.7 Å². The lowest BCUT2D eigenvalue weighted by atomic mass is 10.0. The van der Waals surface area contributed by atoms with Gasteiger partial charge in [-0.15, -0.1) is 11.8 Å². The van der Waals surface area contributed by atoms with Crippen LogP contribution in [0.5, 0.6) is 0 Å². The Kier molecular flexibility index (Phi) is 10.3. The molecule has 4 nitrogen and oxygen atoms in total. The van der Waals surface area contributed by atoms with Crippen LogP contribution in [0.1, 0.15) is 23.6 Å². The molecule has 0 saturated carbocycles. The van der Waals surface area contributed by atoms with Crippen LogP contribution in [0.15, 0.2) is 78.9 Å². The summed E-state index contributed by atoms with van der Waals surface area (Å²) in [4.78, 5) is 28.3. The summed E-state index contributed by atoms with van der Waals surface area (Å²) in [7, 11) is 0. The van der Waals surface area contributed by atoms with Crippen molar-refractivity contribution in [1.29, 1.82) is 0 Å². The van der Waals surface area contributed by atoms with Gasteiger partial charge in [-0.1, -0.05) is 77.8 Å². The monoisotopic (exact) mass is 514 g/mol. The van der Waals surface area contributed by atoms with Gasteiger partial charge in [-0.05, 0) is 47.9 Å². The molecule has 0 radical (unpaired) electrons. The molecular formula is C27H28Cl2N2O2S. The third-order valence-electron chi connectivity index (χ3n) is 5.27. The second-order valence-corrected chi connectivity index (χ2v) is 9.73. The molecule has 0 aliphatic heterocycles. The molecule has 0 fully saturated rings. The first-order chi connectivity index (χ1) is 16.5. The van der Waals surface area contributed by atoms with Crippen molar-refractivity contribution < 1.29 is 9.59 Å². The zero-order valence-electron chi connectivity index (χ0n) is 19.0. The number of rotatable bonds is 11. The van der Waals surface area contributed by atoms with E-state index in [0.29, 0.717) is 35.3 Å². The van der Waals surface area contributed by atoms with Gasteiger partial charge in [0.2, 0.25) is 11.8 Å². The molecule has 0 bridgehead atoms. The molecule has 2 amide bonds. The number of hydrogen-bond acceptors (Lipinski definition) is 3. The minimum Gasteiger partial charge on any atom is -0.355 e. The highest BCUT2D eigenvalue weighted by Gasteiger charge is 2.30. The molecule has 7 heteroatoms. The molecule has 3 rings (SSSR count). The smallest absolute Gasteiger partial charge is 0.243 e. The highest BCUT2D eigenvalue weighted by Crippen LogP contribution is 2.20. The number of amides is 2. The van der Waals surface area contributed by atoms with Gasteiger partial charge in [0.25, 0.3) is 0 Å². The zero-order valence-corrected chi connectivity index (χ0v) is 21.4. The predicted molar refractivity (Wildman–Crippen MR) is 142 cm³/mol. The molecule has 3 aromatic rings. The van der Waals surface area contributed by atoms with E-state index in [1.807, 2.05) is 73.7 Å². The maximum absolute atomic E-state index is 13.5. The summed E-state index contributed by atoms with van der Waals surface area (Å²) in [6.07, 6.45) is 0.435. The van der Waals surface area contributed by atoms with Crippen LogP contribution in [-0.4, -0.2) is 35.1 Å². The highest BCUT2D eigenvalue weighted by molar-refractivity contribution is 7.99. The quantitative estimate of drug-likeness (QED) is 0.341. The average molecular weight is 516 g/mol. The standard InChI is InChI=1S/C27H28Cl2N2O2S/c1-2-30-27(33)25(16-20-7-4-3-5-8-20)31(17-21-11-13-23(28)14-12-21)26(32)19-34-18-22-9-6-10-24(29)15-22/h3-15,25H,2,16-19H2,1H3,(H,30,33)/t25-/m1/s1. The van der Waals surface area contributed by atoms with E-state index in [1.165, 1.54) is 11.8 Å². The van der Waals surface area contributed by atoms with Gasteiger partial charge in [0.1, 0.15) is 6.04 Å². The van der Waals surface area contributed by atoms with Crippen LogP contribution in [0.4, 0.5) is 0 Å². The Bertz CT molecular complexity index is 1080. The van der Waals surface area contributed by atoms with Crippen molar-refractivity contribution in [2.75, 3.05) is 12.3 Å². The number of hydrogen-bond donors (Lipinski definition) is 1. The lowest BCUT2D eigenvalue weighted by molar-refractivity contribution is -0.139. The summed E-state index contributed by atoms with van der Waals surface area (Å²) in [6, 6.07) is 24.1. The Labute approximate surface area is 215 Å². The first-order valence-electron chi connectivity index (χ1n) is 11.1. The summed E-state index contributed by atoms with van der Waals surface area (Å²) in [5, 5.41) is 4.21. The second kappa shape index (κ2) is 13.4. The molecule has 3 aromatic carbocycles. The van der Waals surface area contributed by atoms with Crippen molar-refractivity contribution >= 4 is 46.8 Å². The molecule has 34 heavy (non-hydrogen) atoms. The lowest BCUT2D eigenvalue weighted by Gasteiger charge is -2.31. The molecular weight excluding hydrogens is 487 g/mol. The second-order valence-electron chi connectivity index (χ2n) is 7.87. The van der Waals surface area contributed by atoms with Gasteiger partial charge in [-0.3, -0.25) is 9.59 Å². The van der Waals surface area contributed by atoms with Gasteiger partial charge in [-0.2, -0.15) is 0 Å². The van der Waals surface area contributed by atoms with E-state index < -0.39 is 6.04 Å². The number of halogens is 2. The van der Waals surface area contributed by atoms with Gasteiger partial charge in [0.05, 0.1) is 5.75 Å². The number of likely N-dealkylation sites (N-methyl/N-ethyl adjacent to an activating group) is 1. The van der Waals surface area contributed by atoms with Crippen molar-refractivity contribution in [3.8, 4) is 0 Å². The van der Waals surface area contributed by atoms with Gasteiger partial charge >= 0.3 is 0 Å². The van der Waals surface area contributed by atoms with Gasteiger partial charge in [-0.25, -0.2) is 0 Å². The normalized spacial score (nSPS) is 11.6. The lowest BCUT2D eigenvalue weighted by Crippen LogP contribution is -2.51. The molecule has 0 aliphatic carbocycles. The third-order valence-corrected chi connectivity index (χ3v) is 6.75. The minimum atomic E-state index is -0.628. The van der Waals surface area contributed by atoms with Crippen molar-refractivity contribution in [3.63, 3.8) is 0 Å². The Morgan fingerprint density at radius 2 is 1.59 bits per heavy atom. The molecule has 0 spiro atoms. The maximum Gasteiger partial charge on any atom is 0.243 e. The summed E-state index contributed by atoms with van der Waals surface area (Å²) in [6.45, 7) is 2.70. The highest BCUT2D eigenvalue weighted by atomic mass is 35.5. The number of carbonyl (C=O) groups excluding carboxylic acids is 2. The number of thioether (sulfide) groups is 1. The van der Waals surface area contributed by atoms with Gasteiger partial charge in [0.15, 0.2) is 0 Å². The van der Waals surface area contributed by atoms with Crippen LogP contribution in [0.2, 0.25) is 10.0 Å². The molecule has 1 atom stereocenters. The Morgan fingerprint density at radius 3 is 2.26 bits per heavy atom. The first kappa shape index (κ1) is 26.1. The topological polar surface area (TPSA) is 49.4 Å². The minimum absolute atomic E-state index is 0.0887. The SMILES string of the molecule is CCNC(=O)[C@@H](Cc1ccccc1)N(Cc1ccc(Cl)cc1)C(=O)CSCc1cccc(Cl)c1. The molecule has 1 N–H and O–H groups in total. The van der Waals surface area contributed by atoms with E-state index in [2.05, 4.69) is 5.32 Å². The van der Waals surface area contributed by atoms with Gasteiger partial charge in [0, 0.05) is 35.3 Å². The number of nitrogens with zero attached hydrogens (tertiary/aromatic N) is 1. The van der Waals surface area contributed by atoms with E-state index in [9.17, 15) is 9.59 Å². The average Bonchev–Trinajstić information content (AvgIpc) is 2.83. The molecule has 0 aromatic heterocycles. The Hall–Kier alpha value is -2.47. The Morgan fingerprint density at radius 1 is 0.882 bits per heavy atom.